The van der Waals surface area contributed by atoms with Gasteiger partial charge in [-0.15, -0.1) is 0 Å². The Kier molecular flexibility index (Phi) is 7.42. The van der Waals surface area contributed by atoms with Crippen molar-refractivity contribution in [1.82, 2.24) is 5.32 Å². The zero-order valence-electron chi connectivity index (χ0n) is 19.3. The van der Waals surface area contributed by atoms with Gasteiger partial charge in [-0.25, -0.2) is 0 Å². The highest BCUT2D eigenvalue weighted by molar-refractivity contribution is 7.80. The SMILES string of the molecule is CC(C)COc1cccc(C(=O)NC(=S)Nc2cccc(NC(=O)c3cc4ccccc4o3)c2)c1. The molecule has 4 aromatic rings. The molecule has 1 aromatic heterocycles. The van der Waals surface area contributed by atoms with Crippen molar-refractivity contribution in [2.24, 2.45) is 5.92 Å². The third kappa shape index (κ3) is 6.45. The van der Waals surface area contributed by atoms with Crippen LogP contribution in [0.25, 0.3) is 11.0 Å². The van der Waals surface area contributed by atoms with Crippen molar-refractivity contribution in [1.29, 1.82) is 0 Å². The normalized spacial score (nSPS) is 10.7. The minimum atomic E-state index is -0.367. The number of hydrogen-bond donors (Lipinski definition) is 3. The number of furan rings is 1. The van der Waals surface area contributed by atoms with Gasteiger partial charge in [0.25, 0.3) is 11.8 Å². The summed E-state index contributed by atoms with van der Waals surface area (Å²) in [6, 6.07) is 23.0. The smallest absolute Gasteiger partial charge is 0.291 e. The quantitative estimate of drug-likeness (QED) is 0.283. The van der Waals surface area contributed by atoms with E-state index in [0.717, 1.165) is 5.39 Å². The Hall–Kier alpha value is -4.17. The van der Waals surface area contributed by atoms with Crippen molar-refractivity contribution in [3.63, 3.8) is 0 Å². The molecule has 0 aliphatic heterocycles. The van der Waals surface area contributed by atoms with Gasteiger partial charge in [0.1, 0.15) is 11.3 Å². The summed E-state index contributed by atoms with van der Waals surface area (Å²) >= 11 is 5.30. The summed E-state index contributed by atoms with van der Waals surface area (Å²) in [5, 5.41) is 9.42. The predicted molar refractivity (Wildman–Crippen MR) is 141 cm³/mol. The second-order valence-corrected chi connectivity index (χ2v) is 8.73. The zero-order valence-corrected chi connectivity index (χ0v) is 20.1. The van der Waals surface area contributed by atoms with E-state index < -0.39 is 0 Å². The number of hydrogen-bond acceptors (Lipinski definition) is 5. The molecule has 0 saturated carbocycles. The zero-order chi connectivity index (χ0) is 24.8. The van der Waals surface area contributed by atoms with Crippen molar-refractivity contribution in [3.8, 4) is 5.75 Å². The predicted octanol–water partition coefficient (Wildman–Crippen LogP) is 5.85. The van der Waals surface area contributed by atoms with Crippen LogP contribution in [-0.2, 0) is 0 Å². The van der Waals surface area contributed by atoms with Crippen molar-refractivity contribution >= 4 is 51.5 Å². The lowest BCUT2D eigenvalue weighted by Gasteiger charge is -2.12. The van der Waals surface area contributed by atoms with Crippen LogP contribution in [0.4, 0.5) is 11.4 Å². The molecule has 0 aliphatic rings. The highest BCUT2D eigenvalue weighted by Gasteiger charge is 2.13. The molecule has 1 heterocycles. The molecular formula is C27H25N3O4S. The van der Waals surface area contributed by atoms with Crippen LogP contribution in [-0.4, -0.2) is 23.5 Å². The molecule has 0 bridgehead atoms. The average molecular weight is 488 g/mol. The first-order valence-corrected chi connectivity index (χ1v) is 11.5. The third-order valence-corrected chi connectivity index (χ3v) is 5.14. The number of ether oxygens (including phenoxy) is 1. The number of thiocarbonyl (C=S) groups is 1. The van der Waals surface area contributed by atoms with Crippen LogP contribution in [0.5, 0.6) is 5.75 Å². The molecule has 35 heavy (non-hydrogen) atoms. The summed E-state index contributed by atoms with van der Waals surface area (Å²) in [6.45, 7) is 4.67. The van der Waals surface area contributed by atoms with Crippen LogP contribution < -0.4 is 20.7 Å². The maximum absolute atomic E-state index is 12.6. The van der Waals surface area contributed by atoms with Gasteiger partial charge in [0.2, 0.25) is 0 Å². The number of fused-ring (bicyclic) bond motifs is 1. The molecule has 8 heteroatoms. The largest absolute Gasteiger partial charge is 0.493 e. The van der Waals surface area contributed by atoms with E-state index in [0.29, 0.717) is 40.8 Å². The molecule has 0 fully saturated rings. The van der Waals surface area contributed by atoms with Gasteiger partial charge < -0.3 is 19.8 Å². The Balaban J connectivity index is 1.35. The van der Waals surface area contributed by atoms with Gasteiger partial charge in [0.05, 0.1) is 6.61 Å². The van der Waals surface area contributed by atoms with Gasteiger partial charge in [-0.3, -0.25) is 14.9 Å². The maximum atomic E-state index is 12.6. The molecule has 4 rings (SSSR count). The molecule has 7 nitrogen and oxygen atoms in total. The van der Waals surface area contributed by atoms with Gasteiger partial charge >= 0.3 is 0 Å². The number of anilines is 2. The van der Waals surface area contributed by atoms with Crippen molar-refractivity contribution in [2.45, 2.75) is 13.8 Å². The molecule has 0 saturated heterocycles. The number of benzene rings is 3. The minimum Gasteiger partial charge on any atom is -0.493 e. The number of amides is 2. The number of para-hydroxylation sites is 1. The molecule has 0 radical (unpaired) electrons. The van der Waals surface area contributed by atoms with Gasteiger partial charge in [-0.2, -0.15) is 0 Å². The van der Waals surface area contributed by atoms with Crippen LogP contribution in [0.1, 0.15) is 34.8 Å². The second kappa shape index (κ2) is 10.8. The maximum Gasteiger partial charge on any atom is 0.291 e. The molecule has 0 unspecified atom stereocenters. The van der Waals surface area contributed by atoms with Gasteiger partial charge in [-0.1, -0.05) is 44.2 Å². The lowest BCUT2D eigenvalue weighted by atomic mass is 10.2. The minimum absolute atomic E-state index is 0.129. The second-order valence-electron chi connectivity index (χ2n) is 8.32. The van der Waals surface area contributed by atoms with E-state index in [4.69, 9.17) is 21.4 Å². The third-order valence-electron chi connectivity index (χ3n) is 4.93. The Morgan fingerprint density at radius 1 is 0.886 bits per heavy atom. The standard InChI is InChI=1S/C27H25N3O4S/c1-17(2)16-33-22-11-5-8-19(13-22)25(31)30-27(35)29-21-10-6-9-20(15-21)28-26(32)24-14-18-7-3-4-12-23(18)34-24/h3-15,17H,16H2,1-2H3,(H,28,32)(H2,29,30,31,35). The van der Waals surface area contributed by atoms with E-state index in [-0.39, 0.29) is 22.7 Å². The first-order valence-electron chi connectivity index (χ1n) is 11.1. The van der Waals surface area contributed by atoms with Gasteiger partial charge in [0, 0.05) is 22.3 Å². The van der Waals surface area contributed by atoms with E-state index in [1.807, 2.05) is 18.2 Å². The summed E-state index contributed by atoms with van der Waals surface area (Å²) < 4.78 is 11.3. The molecule has 0 spiro atoms. The Labute approximate surface area is 208 Å². The number of carbonyl (C=O) groups excluding carboxylic acids is 2. The van der Waals surface area contributed by atoms with Crippen LogP contribution in [0.3, 0.4) is 0 Å². The van der Waals surface area contributed by atoms with Gasteiger partial charge in [-0.05, 0) is 66.7 Å². The highest BCUT2D eigenvalue weighted by Crippen LogP contribution is 2.21. The van der Waals surface area contributed by atoms with Crippen molar-refractivity contribution in [3.05, 3.63) is 90.2 Å². The lowest BCUT2D eigenvalue weighted by molar-refractivity contribution is 0.0974. The number of carbonyl (C=O) groups is 2. The molecule has 3 aromatic carbocycles. The average Bonchev–Trinajstić information content (AvgIpc) is 3.28. The molecule has 3 N–H and O–H groups in total. The first kappa shape index (κ1) is 24.0. The van der Waals surface area contributed by atoms with E-state index in [1.165, 1.54) is 0 Å². The van der Waals surface area contributed by atoms with Crippen LogP contribution in [0, 0.1) is 5.92 Å². The number of nitrogens with one attached hydrogen (secondary N) is 3. The Bertz CT molecular complexity index is 1350. The van der Waals surface area contributed by atoms with Crippen LogP contribution >= 0.6 is 12.2 Å². The summed E-state index contributed by atoms with van der Waals surface area (Å²) in [7, 11) is 0. The summed E-state index contributed by atoms with van der Waals surface area (Å²) in [5.74, 6) is 0.495. The van der Waals surface area contributed by atoms with E-state index in [9.17, 15) is 9.59 Å². The van der Waals surface area contributed by atoms with Crippen LogP contribution in [0.2, 0.25) is 0 Å². The first-order chi connectivity index (χ1) is 16.9. The summed E-state index contributed by atoms with van der Waals surface area (Å²) in [5.41, 5.74) is 2.23. The topological polar surface area (TPSA) is 92.6 Å². The summed E-state index contributed by atoms with van der Waals surface area (Å²) in [6.07, 6.45) is 0. The molecular weight excluding hydrogens is 462 g/mol. The molecule has 2 amide bonds. The fraction of sp³-hybridized carbons (Fsp3) is 0.148. The highest BCUT2D eigenvalue weighted by atomic mass is 32.1. The fourth-order valence-corrected chi connectivity index (χ4v) is 3.50. The summed E-state index contributed by atoms with van der Waals surface area (Å²) in [4.78, 5) is 25.2. The van der Waals surface area contributed by atoms with Gasteiger partial charge in [0.15, 0.2) is 10.9 Å². The van der Waals surface area contributed by atoms with E-state index in [2.05, 4.69) is 29.8 Å². The Morgan fingerprint density at radius 2 is 1.63 bits per heavy atom. The van der Waals surface area contributed by atoms with E-state index >= 15 is 0 Å². The molecule has 0 aliphatic carbocycles. The van der Waals surface area contributed by atoms with Crippen molar-refractivity contribution < 1.29 is 18.7 Å². The fourth-order valence-electron chi connectivity index (χ4n) is 3.29. The van der Waals surface area contributed by atoms with Crippen LogP contribution in [0.15, 0.2) is 83.3 Å². The van der Waals surface area contributed by atoms with E-state index in [1.54, 1.807) is 60.7 Å². The lowest BCUT2D eigenvalue weighted by Crippen LogP contribution is -2.34. The monoisotopic (exact) mass is 487 g/mol. The Morgan fingerprint density at radius 3 is 2.40 bits per heavy atom. The molecule has 0 atom stereocenters. The van der Waals surface area contributed by atoms with Crippen molar-refractivity contribution in [2.75, 3.05) is 17.2 Å². The molecule has 178 valence electrons. The number of rotatable bonds is 7.